The molecular weight excluding hydrogens is 351 g/mol. The zero-order chi connectivity index (χ0) is 8.93. The van der Waals surface area contributed by atoms with E-state index in [0.29, 0.717) is 0 Å². The molecule has 0 radical (unpaired) electrons. The van der Waals surface area contributed by atoms with Gasteiger partial charge in [-0.1, -0.05) is 0 Å². The van der Waals surface area contributed by atoms with Gasteiger partial charge in [-0.05, 0) is 0 Å². The van der Waals surface area contributed by atoms with Gasteiger partial charge in [-0.2, -0.15) is 0 Å². The first kappa shape index (κ1) is 8.94. The van der Waals surface area contributed by atoms with E-state index in [4.69, 9.17) is 0 Å². The minimum absolute atomic E-state index is 0.740. The summed E-state index contributed by atoms with van der Waals surface area (Å²) in [5.74, 6) is 0. The van der Waals surface area contributed by atoms with E-state index in [1.807, 2.05) is 0 Å². The van der Waals surface area contributed by atoms with Crippen LogP contribution in [0.3, 0.4) is 0 Å². The molecule has 0 N–H and O–H groups in total. The maximum absolute atomic E-state index is 2.25. The van der Waals surface area contributed by atoms with Crippen molar-refractivity contribution in [3.63, 3.8) is 0 Å². The second kappa shape index (κ2) is 4.56. The molecule has 60 valence electrons. The Bertz CT molecular complexity index is 316. The standard InChI is InChI=1S/2C6H5.Pb/c2*1-2-4-6-5-3-1;/h2*1-5H;/q;;+2. The molecule has 0 aromatic heterocycles. The maximum atomic E-state index is 2.25. The van der Waals surface area contributed by atoms with Gasteiger partial charge in [0.2, 0.25) is 0 Å². The van der Waals surface area contributed by atoms with Crippen molar-refractivity contribution in [2.75, 3.05) is 0 Å². The first-order valence-corrected chi connectivity index (χ1v) is 8.21. The van der Waals surface area contributed by atoms with Crippen LogP contribution in [0.5, 0.6) is 0 Å². The summed E-state index contributed by atoms with van der Waals surface area (Å²) in [5.41, 5.74) is 0. The molecule has 2 rings (SSSR count). The number of hydrogen-bond acceptors (Lipinski definition) is 0. The Hall–Kier alpha value is -0.638. The molecule has 0 unspecified atom stereocenters. The molecule has 2 aromatic rings. The Morgan fingerprint density at radius 2 is 0.923 bits per heavy atom. The SMILES string of the molecule is c1cc[c]([Pb+2][c]2ccccc2)cc1. The molecule has 0 fully saturated rings. The monoisotopic (exact) mass is 362 g/mol. The zero-order valence-electron chi connectivity index (χ0n) is 7.27. The fourth-order valence-electron chi connectivity index (χ4n) is 1.21. The topological polar surface area (TPSA) is 0 Å². The van der Waals surface area contributed by atoms with Gasteiger partial charge in [-0.15, -0.1) is 0 Å². The van der Waals surface area contributed by atoms with Gasteiger partial charge >= 0.3 is 91.1 Å². The molecule has 2 aromatic carbocycles. The van der Waals surface area contributed by atoms with Crippen LogP contribution in [-0.2, 0) is 0 Å². The summed E-state index contributed by atoms with van der Waals surface area (Å²) in [4.78, 5) is 0. The molecule has 1 heteroatoms. The van der Waals surface area contributed by atoms with Crippen molar-refractivity contribution in [1.82, 2.24) is 0 Å². The second-order valence-corrected chi connectivity index (χ2v) is 8.32. The summed E-state index contributed by atoms with van der Waals surface area (Å²) in [6.45, 7) is 0. The Morgan fingerprint density at radius 3 is 1.31 bits per heavy atom. The van der Waals surface area contributed by atoms with Crippen LogP contribution in [0, 0.1) is 0 Å². The van der Waals surface area contributed by atoms with Crippen LogP contribution in [0.4, 0.5) is 0 Å². The van der Waals surface area contributed by atoms with Gasteiger partial charge in [-0.3, -0.25) is 0 Å². The van der Waals surface area contributed by atoms with E-state index >= 15 is 0 Å². The third kappa shape index (κ3) is 2.66. The molecule has 0 aliphatic rings. The van der Waals surface area contributed by atoms with Crippen LogP contribution in [0.15, 0.2) is 60.7 Å². The summed E-state index contributed by atoms with van der Waals surface area (Å²) in [5, 5.41) is 0. The van der Waals surface area contributed by atoms with E-state index in [1.54, 1.807) is 6.25 Å². The molecule has 0 bridgehead atoms. The van der Waals surface area contributed by atoms with Crippen LogP contribution in [0.2, 0.25) is 0 Å². The van der Waals surface area contributed by atoms with Crippen molar-refractivity contribution >= 4 is 30.5 Å². The van der Waals surface area contributed by atoms with Crippen molar-refractivity contribution in [1.29, 1.82) is 0 Å². The first-order chi connectivity index (χ1) is 6.45. The molecular formula is C12H10Pb+2. The molecule has 0 spiro atoms. The first-order valence-electron chi connectivity index (χ1n) is 4.32. The van der Waals surface area contributed by atoms with Crippen LogP contribution < -0.4 is 6.25 Å². The van der Waals surface area contributed by atoms with Crippen molar-refractivity contribution in [3.05, 3.63) is 60.7 Å². The molecule has 0 atom stereocenters. The Kier molecular flexibility index (Phi) is 3.13. The molecule has 0 aliphatic heterocycles. The van der Waals surface area contributed by atoms with Gasteiger partial charge in [0.05, 0.1) is 0 Å². The average Bonchev–Trinajstić information content (AvgIpc) is 2.21. The fourth-order valence-corrected chi connectivity index (χ4v) is 5.30. The van der Waals surface area contributed by atoms with Crippen molar-refractivity contribution in [3.8, 4) is 0 Å². The second-order valence-electron chi connectivity index (χ2n) is 2.86. The molecule has 0 aliphatic carbocycles. The van der Waals surface area contributed by atoms with E-state index < -0.39 is 24.2 Å². The van der Waals surface area contributed by atoms with E-state index in [2.05, 4.69) is 60.7 Å². The summed E-state index contributed by atoms with van der Waals surface area (Å²) in [6, 6.07) is 21.7. The summed E-state index contributed by atoms with van der Waals surface area (Å²) in [6.07, 6.45) is 0. The Balaban J connectivity index is 2.16. The van der Waals surface area contributed by atoms with Gasteiger partial charge in [0.1, 0.15) is 0 Å². The summed E-state index contributed by atoms with van der Waals surface area (Å²) < 4.78 is 3.13. The van der Waals surface area contributed by atoms with E-state index in [1.165, 1.54) is 0 Å². The number of benzene rings is 2. The van der Waals surface area contributed by atoms with Gasteiger partial charge in [0, 0.05) is 0 Å². The van der Waals surface area contributed by atoms with Crippen LogP contribution in [0.25, 0.3) is 0 Å². The molecule has 0 saturated heterocycles. The summed E-state index contributed by atoms with van der Waals surface area (Å²) >= 11 is -0.740. The predicted octanol–water partition coefficient (Wildman–Crippen LogP) is 1.34. The third-order valence-corrected chi connectivity index (χ3v) is 6.67. The van der Waals surface area contributed by atoms with Crippen molar-refractivity contribution < 1.29 is 0 Å². The predicted molar refractivity (Wildman–Crippen MR) is 57.9 cm³/mol. The molecule has 13 heavy (non-hydrogen) atoms. The van der Waals surface area contributed by atoms with Gasteiger partial charge in [-0.25, -0.2) is 0 Å². The number of rotatable bonds is 2. The van der Waals surface area contributed by atoms with E-state index in [0.717, 1.165) is 0 Å². The molecule has 0 amide bonds. The van der Waals surface area contributed by atoms with Crippen LogP contribution in [0.1, 0.15) is 0 Å². The van der Waals surface area contributed by atoms with Crippen LogP contribution >= 0.6 is 0 Å². The van der Waals surface area contributed by atoms with E-state index in [9.17, 15) is 0 Å². The van der Waals surface area contributed by atoms with E-state index in [-0.39, 0.29) is 0 Å². The van der Waals surface area contributed by atoms with Crippen LogP contribution in [-0.4, -0.2) is 24.2 Å². The minimum atomic E-state index is -0.740. The normalized spacial score (nSPS) is 9.23. The van der Waals surface area contributed by atoms with Crippen molar-refractivity contribution in [2.45, 2.75) is 0 Å². The van der Waals surface area contributed by atoms with Gasteiger partial charge < -0.3 is 0 Å². The zero-order valence-corrected chi connectivity index (χ0v) is 11.2. The third-order valence-electron chi connectivity index (χ3n) is 1.84. The average molecular weight is 361 g/mol. The van der Waals surface area contributed by atoms with Gasteiger partial charge in [0.15, 0.2) is 0 Å². The Labute approximate surface area is 90.8 Å². The van der Waals surface area contributed by atoms with Gasteiger partial charge in [0.25, 0.3) is 0 Å². The molecule has 0 nitrogen and oxygen atoms in total. The molecule has 0 saturated carbocycles. The molecule has 0 heterocycles. The summed E-state index contributed by atoms with van der Waals surface area (Å²) in [7, 11) is 0. The Morgan fingerprint density at radius 1 is 0.538 bits per heavy atom. The fraction of sp³-hybridized carbons (Fsp3) is 0. The number of hydrogen-bond donors (Lipinski definition) is 0. The van der Waals surface area contributed by atoms with Crippen molar-refractivity contribution in [2.24, 2.45) is 0 Å². The quantitative estimate of drug-likeness (QED) is 0.709.